The lowest BCUT2D eigenvalue weighted by molar-refractivity contribution is -0.142. The zero-order valence-corrected chi connectivity index (χ0v) is 18.1. The molecule has 0 aliphatic rings. The van der Waals surface area contributed by atoms with Crippen LogP contribution in [0.25, 0.3) is 10.9 Å². The van der Waals surface area contributed by atoms with Crippen LogP contribution < -0.4 is 21.7 Å². The Morgan fingerprint density at radius 1 is 1.00 bits per heavy atom. The molecule has 0 aliphatic heterocycles. The number of carbonyl (C=O) groups excluding carboxylic acids is 3. The van der Waals surface area contributed by atoms with Crippen molar-refractivity contribution >= 4 is 34.6 Å². The zero-order chi connectivity index (χ0) is 24.0. The Bertz CT molecular complexity index is 986. The summed E-state index contributed by atoms with van der Waals surface area (Å²) >= 11 is 0. The maximum Gasteiger partial charge on any atom is 0.325 e. The number of nitrogens with one attached hydrogen (secondary N) is 4. The Morgan fingerprint density at radius 2 is 1.66 bits per heavy atom. The van der Waals surface area contributed by atoms with Crippen LogP contribution in [0.4, 0.5) is 0 Å². The van der Waals surface area contributed by atoms with Crippen LogP contribution in [-0.2, 0) is 25.6 Å². The fourth-order valence-electron chi connectivity index (χ4n) is 3.06. The maximum atomic E-state index is 13.0. The Balaban J connectivity index is 2.24. The van der Waals surface area contributed by atoms with Gasteiger partial charge in [-0.05, 0) is 32.4 Å². The van der Waals surface area contributed by atoms with Gasteiger partial charge in [-0.2, -0.15) is 0 Å². The number of fused-ring (bicyclic) bond motifs is 1. The average molecular weight is 447 g/mol. The molecule has 3 amide bonds. The van der Waals surface area contributed by atoms with Gasteiger partial charge in [0.15, 0.2) is 0 Å². The third kappa shape index (κ3) is 6.28. The largest absolute Gasteiger partial charge is 0.480 e. The molecule has 0 saturated heterocycles. The van der Waals surface area contributed by atoms with E-state index in [4.69, 9.17) is 10.8 Å². The summed E-state index contributed by atoms with van der Waals surface area (Å²) in [5.74, 6) is -3.43. The zero-order valence-electron chi connectivity index (χ0n) is 18.1. The van der Waals surface area contributed by atoms with Gasteiger partial charge in [-0.1, -0.05) is 18.2 Å². The van der Waals surface area contributed by atoms with E-state index in [1.54, 1.807) is 6.20 Å². The molecule has 5 unspecified atom stereocenters. The molecule has 0 radical (unpaired) electrons. The van der Waals surface area contributed by atoms with E-state index in [9.17, 15) is 24.3 Å². The number of aliphatic hydroxyl groups excluding tert-OH is 1. The number of aromatic amines is 1. The number of hydrogen-bond acceptors (Lipinski definition) is 6. The smallest absolute Gasteiger partial charge is 0.325 e. The predicted octanol–water partition coefficient (Wildman–Crippen LogP) is -1.00. The van der Waals surface area contributed by atoms with Gasteiger partial charge in [0.2, 0.25) is 17.7 Å². The highest BCUT2D eigenvalue weighted by molar-refractivity contribution is 5.95. The molecule has 1 heterocycles. The van der Waals surface area contributed by atoms with Gasteiger partial charge in [-0.3, -0.25) is 19.2 Å². The standard InChI is InChI=1S/C21H29N5O6/c1-10(22)18(28)25-16(8-13-9-23-15-7-5-4-6-14(13)15)19(29)26-17(12(3)27)20(30)24-11(2)21(31)32/h4-7,9-12,16-17,23,27H,8,22H2,1-3H3,(H,24,30)(H,25,28)(H,26,29)(H,31,32). The Hall–Kier alpha value is -3.44. The molecule has 0 aliphatic carbocycles. The minimum Gasteiger partial charge on any atom is -0.480 e. The highest BCUT2D eigenvalue weighted by Crippen LogP contribution is 2.19. The number of carbonyl (C=O) groups is 4. The molecular weight excluding hydrogens is 418 g/mol. The molecule has 0 saturated carbocycles. The minimum absolute atomic E-state index is 0.0913. The van der Waals surface area contributed by atoms with Crippen LogP contribution in [0, 0.1) is 0 Å². The van der Waals surface area contributed by atoms with Crippen molar-refractivity contribution in [2.75, 3.05) is 0 Å². The lowest BCUT2D eigenvalue weighted by Gasteiger charge is -2.25. The molecule has 0 fully saturated rings. The summed E-state index contributed by atoms with van der Waals surface area (Å²) < 4.78 is 0. The second-order valence-corrected chi connectivity index (χ2v) is 7.71. The number of nitrogens with two attached hydrogens (primary N) is 1. The van der Waals surface area contributed by atoms with Crippen molar-refractivity contribution in [3.8, 4) is 0 Å². The van der Waals surface area contributed by atoms with Gasteiger partial charge in [0.1, 0.15) is 18.1 Å². The van der Waals surface area contributed by atoms with Crippen LogP contribution in [-0.4, -0.2) is 69.2 Å². The third-order valence-corrected chi connectivity index (χ3v) is 4.94. The van der Waals surface area contributed by atoms with Crippen molar-refractivity contribution < 1.29 is 29.4 Å². The van der Waals surface area contributed by atoms with Gasteiger partial charge in [0.25, 0.3) is 0 Å². The molecule has 2 aromatic rings. The van der Waals surface area contributed by atoms with E-state index in [-0.39, 0.29) is 6.42 Å². The highest BCUT2D eigenvalue weighted by atomic mass is 16.4. The first kappa shape index (κ1) is 24.8. The quantitative estimate of drug-likeness (QED) is 0.243. The lowest BCUT2D eigenvalue weighted by atomic mass is 10.0. The Morgan fingerprint density at radius 3 is 2.25 bits per heavy atom. The van der Waals surface area contributed by atoms with Crippen molar-refractivity contribution in [1.82, 2.24) is 20.9 Å². The first-order valence-electron chi connectivity index (χ1n) is 10.1. The monoisotopic (exact) mass is 447 g/mol. The van der Waals surface area contributed by atoms with E-state index >= 15 is 0 Å². The van der Waals surface area contributed by atoms with E-state index in [0.29, 0.717) is 0 Å². The Kier molecular flexibility index (Phi) is 8.33. The summed E-state index contributed by atoms with van der Waals surface area (Å²) in [7, 11) is 0. The van der Waals surface area contributed by atoms with Gasteiger partial charge >= 0.3 is 5.97 Å². The van der Waals surface area contributed by atoms with Gasteiger partial charge in [0, 0.05) is 23.5 Å². The first-order chi connectivity index (χ1) is 15.0. The summed E-state index contributed by atoms with van der Waals surface area (Å²) in [5.41, 5.74) is 7.22. The van der Waals surface area contributed by atoms with Crippen molar-refractivity contribution in [2.24, 2.45) is 5.73 Å². The number of H-pyrrole nitrogens is 1. The number of rotatable bonds is 10. The van der Waals surface area contributed by atoms with Crippen molar-refractivity contribution in [2.45, 2.75) is 57.5 Å². The summed E-state index contributed by atoms with van der Waals surface area (Å²) in [4.78, 5) is 51.7. The molecule has 11 nitrogen and oxygen atoms in total. The molecule has 1 aromatic carbocycles. The second kappa shape index (κ2) is 10.7. The van der Waals surface area contributed by atoms with Crippen LogP contribution in [0.2, 0.25) is 0 Å². The maximum absolute atomic E-state index is 13.0. The molecule has 0 spiro atoms. The molecule has 174 valence electrons. The topological polar surface area (TPSA) is 187 Å². The molecule has 5 atom stereocenters. The van der Waals surface area contributed by atoms with Gasteiger partial charge in [-0.15, -0.1) is 0 Å². The fourth-order valence-corrected chi connectivity index (χ4v) is 3.06. The normalized spacial score (nSPS) is 15.8. The van der Waals surface area contributed by atoms with Crippen LogP contribution in [0.5, 0.6) is 0 Å². The number of benzene rings is 1. The summed E-state index contributed by atoms with van der Waals surface area (Å²) in [6, 6.07) is 2.80. The number of aliphatic hydroxyl groups is 1. The first-order valence-corrected chi connectivity index (χ1v) is 10.1. The van der Waals surface area contributed by atoms with E-state index in [1.807, 2.05) is 24.3 Å². The number of amides is 3. The van der Waals surface area contributed by atoms with E-state index < -0.39 is 54.0 Å². The molecule has 0 bridgehead atoms. The SMILES string of the molecule is CC(N)C(=O)NC(Cc1c[nH]c2ccccc12)C(=O)NC(C(=O)NC(C)C(=O)O)C(C)O. The summed E-state index contributed by atoms with van der Waals surface area (Å²) in [5, 5.41) is 27.0. The van der Waals surface area contributed by atoms with Crippen LogP contribution in [0.1, 0.15) is 26.3 Å². The van der Waals surface area contributed by atoms with Crippen LogP contribution in [0.3, 0.4) is 0 Å². The second-order valence-electron chi connectivity index (χ2n) is 7.71. The molecular formula is C21H29N5O6. The van der Waals surface area contributed by atoms with Crippen molar-refractivity contribution in [1.29, 1.82) is 0 Å². The van der Waals surface area contributed by atoms with E-state index in [0.717, 1.165) is 16.5 Å². The third-order valence-electron chi connectivity index (χ3n) is 4.94. The van der Waals surface area contributed by atoms with Gasteiger partial charge in [-0.25, -0.2) is 0 Å². The number of carboxylic acid groups (broad SMARTS) is 1. The van der Waals surface area contributed by atoms with E-state index in [2.05, 4.69) is 20.9 Å². The van der Waals surface area contributed by atoms with Crippen LogP contribution in [0.15, 0.2) is 30.5 Å². The molecule has 2 rings (SSSR count). The number of aliphatic carboxylic acids is 1. The number of hydrogen-bond donors (Lipinski definition) is 7. The molecule has 32 heavy (non-hydrogen) atoms. The molecule has 11 heteroatoms. The number of carboxylic acids is 1. The number of aromatic nitrogens is 1. The average Bonchev–Trinajstić information content (AvgIpc) is 3.13. The van der Waals surface area contributed by atoms with Crippen LogP contribution >= 0.6 is 0 Å². The predicted molar refractivity (Wildman–Crippen MR) is 116 cm³/mol. The minimum atomic E-state index is -1.43. The number of para-hydroxylation sites is 1. The highest BCUT2D eigenvalue weighted by Gasteiger charge is 2.32. The van der Waals surface area contributed by atoms with Crippen molar-refractivity contribution in [3.05, 3.63) is 36.0 Å². The van der Waals surface area contributed by atoms with Gasteiger partial charge < -0.3 is 36.9 Å². The Labute approximate surface area is 184 Å². The summed E-state index contributed by atoms with van der Waals surface area (Å²) in [6.07, 6.45) is 0.488. The fraction of sp³-hybridized carbons (Fsp3) is 0.429. The summed E-state index contributed by atoms with van der Waals surface area (Å²) in [6.45, 7) is 4.00. The van der Waals surface area contributed by atoms with Crippen molar-refractivity contribution in [3.63, 3.8) is 0 Å². The molecule has 8 N–H and O–H groups in total. The van der Waals surface area contributed by atoms with Gasteiger partial charge in [0.05, 0.1) is 12.1 Å². The lowest BCUT2D eigenvalue weighted by Crippen LogP contribution is -2.59. The molecule has 1 aromatic heterocycles. The van der Waals surface area contributed by atoms with E-state index in [1.165, 1.54) is 20.8 Å².